The van der Waals surface area contributed by atoms with E-state index in [1.165, 1.54) is 0 Å². The van der Waals surface area contributed by atoms with E-state index in [4.69, 9.17) is 5.73 Å². The van der Waals surface area contributed by atoms with Crippen molar-refractivity contribution in [2.75, 3.05) is 11.9 Å². The average Bonchev–Trinajstić information content (AvgIpc) is 2.49. The van der Waals surface area contributed by atoms with Gasteiger partial charge in [-0.25, -0.2) is 0 Å². The van der Waals surface area contributed by atoms with Crippen molar-refractivity contribution in [3.63, 3.8) is 0 Å². The molecule has 4 nitrogen and oxygen atoms in total. The minimum absolute atomic E-state index is 0.0109. The molecule has 0 saturated heterocycles. The summed E-state index contributed by atoms with van der Waals surface area (Å²) in [6.07, 6.45) is 3.77. The van der Waals surface area contributed by atoms with Crippen LogP contribution in [0.1, 0.15) is 43.7 Å². The Labute approximate surface area is 126 Å². The third-order valence-corrected chi connectivity index (χ3v) is 4.98. The van der Waals surface area contributed by atoms with Gasteiger partial charge in [0.1, 0.15) is 5.75 Å². The lowest BCUT2D eigenvalue weighted by molar-refractivity contribution is -0.127. The summed E-state index contributed by atoms with van der Waals surface area (Å²) in [4.78, 5) is 12.7. The SMILES string of the molecule is Cc1ccc(NC(=O)C2(CN)CCC(C)CC2)c(C)c1O. The van der Waals surface area contributed by atoms with E-state index in [-0.39, 0.29) is 11.7 Å². The number of aryl methyl sites for hydroxylation is 1. The number of benzene rings is 1. The number of phenols is 1. The fraction of sp³-hybridized carbons (Fsp3) is 0.588. The molecule has 4 N–H and O–H groups in total. The summed E-state index contributed by atoms with van der Waals surface area (Å²) in [5.74, 6) is 0.901. The number of nitrogens with one attached hydrogen (secondary N) is 1. The molecular formula is C17H26N2O2. The van der Waals surface area contributed by atoms with Gasteiger partial charge in [0, 0.05) is 17.8 Å². The smallest absolute Gasteiger partial charge is 0.231 e. The minimum atomic E-state index is -0.459. The van der Waals surface area contributed by atoms with Gasteiger partial charge in [0.2, 0.25) is 5.91 Å². The van der Waals surface area contributed by atoms with Crippen molar-refractivity contribution in [2.45, 2.75) is 46.5 Å². The summed E-state index contributed by atoms with van der Waals surface area (Å²) in [6.45, 7) is 6.26. The van der Waals surface area contributed by atoms with Crippen molar-refractivity contribution < 1.29 is 9.90 Å². The van der Waals surface area contributed by atoms with Gasteiger partial charge in [-0.05, 0) is 57.1 Å². The zero-order chi connectivity index (χ0) is 15.6. The monoisotopic (exact) mass is 290 g/mol. The van der Waals surface area contributed by atoms with Crippen molar-refractivity contribution in [1.29, 1.82) is 0 Å². The summed E-state index contributed by atoms with van der Waals surface area (Å²) in [7, 11) is 0. The largest absolute Gasteiger partial charge is 0.507 e. The summed E-state index contributed by atoms with van der Waals surface area (Å²) >= 11 is 0. The molecule has 0 atom stereocenters. The van der Waals surface area contributed by atoms with Crippen molar-refractivity contribution in [3.05, 3.63) is 23.3 Å². The topological polar surface area (TPSA) is 75.4 Å². The number of nitrogens with two attached hydrogens (primary N) is 1. The zero-order valence-electron chi connectivity index (χ0n) is 13.2. The first-order chi connectivity index (χ1) is 9.89. The number of hydrogen-bond acceptors (Lipinski definition) is 3. The maximum Gasteiger partial charge on any atom is 0.231 e. The third-order valence-electron chi connectivity index (χ3n) is 4.98. The highest BCUT2D eigenvalue weighted by molar-refractivity contribution is 5.96. The van der Waals surface area contributed by atoms with Crippen LogP contribution in [0.15, 0.2) is 12.1 Å². The quantitative estimate of drug-likeness (QED) is 0.800. The molecule has 0 aliphatic heterocycles. The van der Waals surface area contributed by atoms with Gasteiger partial charge < -0.3 is 16.2 Å². The van der Waals surface area contributed by atoms with Crippen molar-refractivity contribution in [2.24, 2.45) is 17.1 Å². The maximum atomic E-state index is 12.7. The molecule has 0 bridgehead atoms. The molecule has 1 aliphatic rings. The number of hydrogen-bond donors (Lipinski definition) is 3. The lowest BCUT2D eigenvalue weighted by Crippen LogP contribution is -2.44. The van der Waals surface area contributed by atoms with Gasteiger partial charge in [-0.3, -0.25) is 4.79 Å². The van der Waals surface area contributed by atoms with Crippen molar-refractivity contribution in [3.8, 4) is 5.75 Å². The lowest BCUT2D eigenvalue weighted by Gasteiger charge is -2.37. The van der Waals surface area contributed by atoms with Gasteiger partial charge in [-0.15, -0.1) is 0 Å². The van der Waals surface area contributed by atoms with E-state index < -0.39 is 5.41 Å². The fourth-order valence-corrected chi connectivity index (χ4v) is 3.06. The van der Waals surface area contributed by atoms with Gasteiger partial charge in [-0.2, -0.15) is 0 Å². The Kier molecular flexibility index (Phi) is 4.57. The van der Waals surface area contributed by atoms with Crippen molar-refractivity contribution in [1.82, 2.24) is 0 Å². The second-order valence-corrected chi connectivity index (χ2v) is 6.52. The Bertz CT molecular complexity index is 532. The number of carbonyl (C=O) groups is 1. The summed E-state index contributed by atoms with van der Waals surface area (Å²) in [5, 5.41) is 13.0. The second kappa shape index (κ2) is 6.06. The predicted molar refractivity (Wildman–Crippen MR) is 85.3 cm³/mol. The number of anilines is 1. The van der Waals surface area contributed by atoms with Crippen LogP contribution in [0.25, 0.3) is 0 Å². The number of rotatable bonds is 3. The molecule has 0 heterocycles. The van der Waals surface area contributed by atoms with E-state index in [0.717, 1.165) is 31.2 Å². The van der Waals surface area contributed by atoms with Gasteiger partial charge >= 0.3 is 0 Å². The first kappa shape index (κ1) is 15.8. The van der Waals surface area contributed by atoms with E-state index in [0.29, 0.717) is 23.7 Å². The molecule has 0 unspecified atom stereocenters. The van der Waals surface area contributed by atoms with Crippen LogP contribution in [0, 0.1) is 25.2 Å². The van der Waals surface area contributed by atoms with Crippen LogP contribution >= 0.6 is 0 Å². The molecule has 116 valence electrons. The summed E-state index contributed by atoms with van der Waals surface area (Å²) in [5.41, 5.74) is 7.66. The molecule has 1 aromatic carbocycles. The first-order valence-electron chi connectivity index (χ1n) is 7.70. The molecule has 21 heavy (non-hydrogen) atoms. The molecule has 1 aromatic rings. The number of phenolic OH excluding ortho intramolecular Hbond substituents is 1. The highest BCUT2D eigenvalue weighted by atomic mass is 16.3. The molecule has 0 radical (unpaired) electrons. The Morgan fingerprint density at radius 1 is 1.38 bits per heavy atom. The van der Waals surface area contributed by atoms with Gasteiger partial charge in [0.25, 0.3) is 0 Å². The molecule has 1 saturated carbocycles. The van der Waals surface area contributed by atoms with Crippen LogP contribution in [0.4, 0.5) is 5.69 Å². The standard InChI is InChI=1S/C17H26N2O2/c1-11-6-8-17(10-18,9-7-11)16(21)19-14-5-4-12(2)15(20)13(14)3/h4-5,11,20H,6-10,18H2,1-3H3,(H,19,21). The molecule has 2 rings (SSSR count). The van der Waals surface area contributed by atoms with Crippen LogP contribution in [-0.2, 0) is 4.79 Å². The average molecular weight is 290 g/mol. The zero-order valence-corrected chi connectivity index (χ0v) is 13.2. The molecule has 0 spiro atoms. The highest BCUT2D eigenvalue weighted by Gasteiger charge is 2.40. The maximum absolute atomic E-state index is 12.7. The van der Waals surface area contributed by atoms with Gasteiger partial charge in [0.15, 0.2) is 0 Å². The first-order valence-corrected chi connectivity index (χ1v) is 7.70. The van der Waals surface area contributed by atoms with Crippen molar-refractivity contribution >= 4 is 11.6 Å². The van der Waals surface area contributed by atoms with Gasteiger partial charge in [-0.1, -0.05) is 13.0 Å². The third kappa shape index (κ3) is 3.05. The fourth-order valence-electron chi connectivity index (χ4n) is 3.06. The van der Waals surface area contributed by atoms with E-state index in [9.17, 15) is 9.90 Å². The minimum Gasteiger partial charge on any atom is -0.507 e. The second-order valence-electron chi connectivity index (χ2n) is 6.52. The van der Waals surface area contributed by atoms with E-state index in [1.54, 1.807) is 0 Å². The molecule has 0 aromatic heterocycles. The predicted octanol–water partition coefficient (Wildman–Crippen LogP) is 3.10. The van der Waals surface area contributed by atoms with E-state index in [2.05, 4.69) is 12.2 Å². The van der Waals surface area contributed by atoms with E-state index in [1.807, 2.05) is 26.0 Å². The summed E-state index contributed by atoms with van der Waals surface area (Å²) < 4.78 is 0. The van der Waals surface area contributed by atoms with Crippen LogP contribution in [0.5, 0.6) is 5.75 Å². The van der Waals surface area contributed by atoms with Crippen LogP contribution in [-0.4, -0.2) is 17.6 Å². The normalized spacial score (nSPS) is 25.6. The number of amides is 1. The van der Waals surface area contributed by atoms with Crippen LogP contribution < -0.4 is 11.1 Å². The molecule has 4 heteroatoms. The lowest BCUT2D eigenvalue weighted by atomic mass is 9.70. The Hall–Kier alpha value is -1.55. The molecule has 1 amide bonds. The van der Waals surface area contributed by atoms with E-state index >= 15 is 0 Å². The molecule has 1 fully saturated rings. The van der Waals surface area contributed by atoms with Gasteiger partial charge in [0.05, 0.1) is 5.41 Å². The van der Waals surface area contributed by atoms with Crippen LogP contribution in [0.3, 0.4) is 0 Å². The molecule has 1 aliphatic carbocycles. The Morgan fingerprint density at radius 2 is 2.00 bits per heavy atom. The Balaban J connectivity index is 2.19. The number of aromatic hydroxyl groups is 1. The summed E-state index contributed by atoms with van der Waals surface area (Å²) in [6, 6.07) is 3.66. The molecular weight excluding hydrogens is 264 g/mol. The highest BCUT2D eigenvalue weighted by Crippen LogP contribution is 2.39. The van der Waals surface area contributed by atoms with Crippen LogP contribution in [0.2, 0.25) is 0 Å². The number of carbonyl (C=O) groups excluding carboxylic acids is 1. The Morgan fingerprint density at radius 3 is 2.57 bits per heavy atom.